The molecule has 0 aliphatic rings. The maximum atomic E-state index is 13.3. The highest BCUT2D eigenvalue weighted by molar-refractivity contribution is 9.10. The first kappa shape index (κ1) is 13.2. The Morgan fingerprint density at radius 3 is 2.83 bits per heavy atom. The summed E-state index contributed by atoms with van der Waals surface area (Å²) in [6, 6.07) is 8.21. The monoisotopic (exact) mass is 327 g/mol. The quantitative estimate of drug-likeness (QED) is 0.901. The summed E-state index contributed by atoms with van der Waals surface area (Å²) >= 11 is 4.66. The largest absolute Gasteiger partial charge is 0.345 e. The zero-order valence-electron chi connectivity index (χ0n) is 9.61. The van der Waals surface area contributed by atoms with Crippen LogP contribution < -0.4 is 5.32 Å². The first-order chi connectivity index (χ1) is 8.59. The van der Waals surface area contributed by atoms with Gasteiger partial charge in [-0.15, -0.1) is 11.3 Å². The molecule has 2 rings (SSSR count). The fourth-order valence-electron chi connectivity index (χ4n) is 1.56. The number of amides is 1. The van der Waals surface area contributed by atoms with E-state index in [0.717, 1.165) is 4.88 Å². The number of rotatable bonds is 3. The number of nitrogens with one attached hydrogen (secondary N) is 1. The summed E-state index contributed by atoms with van der Waals surface area (Å²) in [5.74, 6) is -0.728. The van der Waals surface area contributed by atoms with Crippen molar-refractivity contribution in [1.29, 1.82) is 0 Å². The van der Waals surface area contributed by atoms with Crippen LogP contribution in [0, 0.1) is 5.82 Å². The molecule has 94 valence electrons. The van der Waals surface area contributed by atoms with Crippen LogP contribution in [0.4, 0.5) is 4.39 Å². The predicted octanol–water partition coefficient (Wildman–Crippen LogP) is 4.14. The molecule has 1 unspecified atom stereocenters. The smallest absolute Gasteiger partial charge is 0.253 e. The van der Waals surface area contributed by atoms with Gasteiger partial charge in [-0.1, -0.05) is 12.1 Å². The van der Waals surface area contributed by atoms with Gasteiger partial charge in [0.05, 0.1) is 16.1 Å². The topological polar surface area (TPSA) is 29.1 Å². The Morgan fingerprint density at radius 2 is 2.17 bits per heavy atom. The molecule has 5 heteroatoms. The molecule has 0 saturated heterocycles. The fraction of sp³-hybridized carbons (Fsp3) is 0.154. The number of hydrogen-bond acceptors (Lipinski definition) is 2. The van der Waals surface area contributed by atoms with E-state index in [2.05, 4.69) is 21.2 Å². The summed E-state index contributed by atoms with van der Waals surface area (Å²) in [7, 11) is 0. The summed E-state index contributed by atoms with van der Waals surface area (Å²) in [6.07, 6.45) is 0. The molecule has 1 atom stereocenters. The van der Waals surface area contributed by atoms with Crippen molar-refractivity contribution in [3.05, 3.63) is 56.4 Å². The minimum absolute atomic E-state index is 0.0901. The summed E-state index contributed by atoms with van der Waals surface area (Å²) in [6.45, 7) is 1.90. The Kier molecular flexibility index (Phi) is 4.14. The zero-order valence-corrected chi connectivity index (χ0v) is 12.0. The number of hydrogen-bond donors (Lipinski definition) is 1. The van der Waals surface area contributed by atoms with Crippen molar-refractivity contribution in [3.63, 3.8) is 0 Å². The van der Waals surface area contributed by atoms with E-state index in [1.54, 1.807) is 17.4 Å². The number of benzene rings is 1. The molecule has 0 aliphatic carbocycles. The Morgan fingerprint density at radius 1 is 1.39 bits per heavy atom. The van der Waals surface area contributed by atoms with Crippen LogP contribution in [-0.2, 0) is 0 Å². The minimum atomic E-state index is -0.438. The molecular weight excluding hydrogens is 317 g/mol. The van der Waals surface area contributed by atoms with E-state index < -0.39 is 5.82 Å². The van der Waals surface area contributed by atoms with Crippen LogP contribution in [0.25, 0.3) is 0 Å². The lowest BCUT2D eigenvalue weighted by Crippen LogP contribution is -2.26. The first-order valence-corrected chi connectivity index (χ1v) is 7.05. The summed E-state index contributed by atoms with van der Waals surface area (Å²) < 4.78 is 13.5. The molecule has 0 saturated carbocycles. The van der Waals surface area contributed by atoms with E-state index in [4.69, 9.17) is 0 Å². The first-order valence-electron chi connectivity index (χ1n) is 5.38. The average molecular weight is 328 g/mol. The number of carbonyl (C=O) groups is 1. The lowest BCUT2D eigenvalue weighted by molar-refractivity contribution is 0.0939. The van der Waals surface area contributed by atoms with Crippen molar-refractivity contribution >= 4 is 33.2 Å². The summed E-state index contributed by atoms with van der Waals surface area (Å²) in [4.78, 5) is 13.1. The molecule has 2 nitrogen and oxygen atoms in total. The molecule has 0 fully saturated rings. The van der Waals surface area contributed by atoms with Crippen LogP contribution in [0.2, 0.25) is 0 Å². The van der Waals surface area contributed by atoms with Crippen molar-refractivity contribution in [3.8, 4) is 0 Å². The molecule has 2 aromatic rings. The minimum Gasteiger partial charge on any atom is -0.345 e. The lowest BCUT2D eigenvalue weighted by atomic mass is 10.2. The second-order valence-electron chi connectivity index (χ2n) is 3.81. The Balaban J connectivity index is 2.15. The number of thiophene rings is 1. The van der Waals surface area contributed by atoms with E-state index in [1.807, 2.05) is 24.4 Å². The molecule has 1 amide bonds. The molecule has 0 aliphatic heterocycles. The second-order valence-corrected chi connectivity index (χ2v) is 5.58. The van der Waals surface area contributed by atoms with E-state index in [0.29, 0.717) is 5.56 Å². The SMILES string of the molecule is CC(NC(=O)c1cccc(F)c1Br)c1cccs1. The number of halogens is 2. The van der Waals surface area contributed by atoms with Gasteiger partial charge in [0.15, 0.2) is 0 Å². The predicted molar refractivity (Wildman–Crippen MR) is 74.3 cm³/mol. The normalized spacial score (nSPS) is 12.2. The van der Waals surface area contributed by atoms with Gasteiger partial charge in [0.1, 0.15) is 5.82 Å². The van der Waals surface area contributed by atoms with Gasteiger partial charge in [-0.05, 0) is 46.4 Å². The van der Waals surface area contributed by atoms with Gasteiger partial charge in [0.2, 0.25) is 0 Å². The van der Waals surface area contributed by atoms with E-state index in [1.165, 1.54) is 12.1 Å². The Bertz CT molecular complexity index is 556. The molecular formula is C13H11BrFNOS. The van der Waals surface area contributed by atoms with Crippen LogP contribution in [0.5, 0.6) is 0 Å². The van der Waals surface area contributed by atoms with Gasteiger partial charge in [-0.25, -0.2) is 4.39 Å². The highest BCUT2D eigenvalue weighted by Gasteiger charge is 2.16. The van der Waals surface area contributed by atoms with Crippen molar-refractivity contribution in [2.24, 2.45) is 0 Å². The van der Waals surface area contributed by atoms with Crippen LogP contribution >= 0.6 is 27.3 Å². The fourth-order valence-corrected chi connectivity index (χ4v) is 2.74. The molecule has 0 radical (unpaired) electrons. The lowest BCUT2D eigenvalue weighted by Gasteiger charge is -2.13. The van der Waals surface area contributed by atoms with Gasteiger partial charge in [0, 0.05) is 4.88 Å². The van der Waals surface area contributed by atoms with E-state index in [9.17, 15) is 9.18 Å². The third-order valence-corrected chi connectivity index (χ3v) is 4.37. The van der Waals surface area contributed by atoms with Gasteiger partial charge in [-0.2, -0.15) is 0 Å². The molecule has 1 heterocycles. The van der Waals surface area contributed by atoms with Crippen LogP contribution in [0.15, 0.2) is 40.2 Å². The van der Waals surface area contributed by atoms with Crippen molar-refractivity contribution in [2.75, 3.05) is 0 Å². The summed E-state index contributed by atoms with van der Waals surface area (Å²) in [5, 5.41) is 4.80. The molecule has 1 N–H and O–H groups in total. The second kappa shape index (κ2) is 5.63. The highest BCUT2D eigenvalue weighted by Crippen LogP contribution is 2.22. The summed E-state index contributed by atoms with van der Waals surface area (Å²) in [5.41, 5.74) is 0.304. The average Bonchev–Trinajstić information content (AvgIpc) is 2.86. The van der Waals surface area contributed by atoms with Gasteiger partial charge in [0.25, 0.3) is 5.91 Å². The molecule has 1 aromatic heterocycles. The third-order valence-electron chi connectivity index (χ3n) is 2.51. The van der Waals surface area contributed by atoms with Gasteiger partial charge < -0.3 is 5.32 Å². The van der Waals surface area contributed by atoms with Crippen molar-refractivity contribution in [1.82, 2.24) is 5.32 Å². The molecule has 18 heavy (non-hydrogen) atoms. The van der Waals surface area contributed by atoms with Gasteiger partial charge in [-0.3, -0.25) is 4.79 Å². The Hall–Kier alpha value is -1.20. The number of carbonyl (C=O) groups excluding carboxylic acids is 1. The maximum absolute atomic E-state index is 13.3. The van der Waals surface area contributed by atoms with Crippen molar-refractivity contribution in [2.45, 2.75) is 13.0 Å². The highest BCUT2D eigenvalue weighted by atomic mass is 79.9. The standard InChI is InChI=1S/C13H11BrFNOS/c1-8(11-6-3-7-18-11)16-13(17)9-4-2-5-10(15)12(9)14/h2-8H,1H3,(H,16,17). The van der Waals surface area contributed by atoms with E-state index in [-0.39, 0.29) is 16.4 Å². The van der Waals surface area contributed by atoms with Crippen LogP contribution in [0.1, 0.15) is 28.2 Å². The van der Waals surface area contributed by atoms with Crippen LogP contribution in [-0.4, -0.2) is 5.91 Å². The molecule has 0 bridgehead atoms. The van der Waals surface area contributed by atoms with E-state index >= 15 is 0 Å². The van der Waals surface area contributed by atoms with Gasteiger partial charge >= 0.3 is 0 Å². The van der Waals surface area contributed by atoms with Crippen LogP contribution in [0.3, 0.4) is 0 Å². The Labute approximate surface area is 117 Å². The third kappa shape index (κ3) is 2.79. The molecule has 1 aromatic carbocycles. The maximum Gasteiger partial charge on any atom is 0.253 e. The van der Waals surface area contributed by atoms with Crippen molar-refractivity contribution < 1.29 is 9.18 Å². The molecule has 0 spiro atoms. The zero-order chi connectivity index (χ0) is 13.1.